The molecule has 0 aliphatic heterocycles. The van der Waals surface area contributed by atoms with Crippen LogP contribution in [0.1, 0.15) is 6.42 Å². The minimum absolute atomic E-state index is 0.0296. The number of rotatable bonds is 6. The van der Waals surface area contributed by atoms with Gasteiger partial charge in [-0.2, -0.15) is 4.98 Å². The highest BCUT2D eigenvalue weighted by Gasteiger charge is 2.32. The van der Waals surface area contributed by atoms with Crippen LogP contribution in [-0.2, 0) is 15.2 Å². The van der Waals surface area contributed by atoms with E-state index in [4.69, 9.17) is 20.3 Å². The molecule has 2 rings (SSSR count). The first-order valence-corrected chi connectivity index (χ1v) is 7.86. The number of anilines is 1. The van der Waals surface area contributed by atoms with Crippen LogP contribution in [0.2, 0.25) is 0 Å². The second-order valence-electron chi connectivity index (χ2n) is 4.48. The number of imidazole rings is 1. The number of H-pyrrole nitrogens is 1. The van der Waals surface area contributed by atoms with E-state index in [1.807, 2.05) is 0 Å². The number of hydrogen-bond donors (Lipinski definition) is 5. The van der Waals surface area contributed by atoms with Crippen molar-refractivity contribution in [1.29, 1.82) is 0 Å². The average molecular weight is 332 g/mol. The van der Waals surface area contributed by atoms with E-state index in [1.54, 1.807) is 0 Å². The topological polar surface area (TPSA) is 177 Å². The Balaban J connectivity index is 2.38. The Morgan fingerprint density at radius 1 is 1.59 bits per heavy atom. The van der Waals surface area contributed by atoms with Gasteiger partial charge in [0.2, 0.25) is 5.95 Å². The van der Waals surface area contributed by atoms with Crippen LogP contribution >= 0.6 is 7.60 Å². The van der Waals surface area contributed by atoms with Crippen molar-refractivity contribution in [3.8, 4) is 0 Å². The maximum Gasteiger partial charge on any atom is 0.325 e. The second kappa shape index (κ2) is 5.78. The van der Waals surface area contributed by atoms with Crippen molar-refractivity contribution in [2.75, 3.05) is 19.0 Å². The molecule has 1 atom stereocenters. The standard InChI is InChI=1S/C10H15N5O6P/c1-21-10(17,3-2-4-22(18,19)20)15-5-12-6-7(15)13-9(11)14-8(6)16/h3,5,17H,2,4H2,1H3,(H2,18,19,20)(H3,11,13,14,16). The molecule has 0 fully saturated rings. The minimum atomic E-state index is -4.22. The molecule has 2 heterocycles. The lowest BCUT2D eigenvalue weighted by atomic mass is 10.2. The number of nitrogens with two attached hydrogens (primary N) is 1. The maximum absolute atomic E-state index is 11.7. The Morgan fingerprint density at radius 2 is 2.27 bits per heavy atom. The van der Waals surface area contributed by atoms with E-state index >= 15 is 0 Å². The monoisotopic (exact) mass is 332 g/mol. The average Bonchev–Trinajstić information content (AvgIpc) is 2.81. The minimum Gasteiger partial charge on any atom is -0.369 e. The zero-order chi connectivity index (χ0) is 16.5. The molecular weight excluding hydrogens is 317 g/mol. The summed E-state index contributed by atoms with van der Waals surface area (Å²) >= 11 is 0. The molecule has 6 N–H and O–H groups in total. The van der Waals surface area contributed by atoms with Crippen LogP contribution in [0.25, 0.3) is 11.2 Å². The Morgan fingerprint density at radius 3 is 2.86 bits per heavy atom. The summed E-state index contributed by atoms with van der Waals surface area (Å²) in [5.74, 6) is -2.26. The SMILES string of the molecule is COC(O)([CH]CCP(=O)(O)O)n1cnc2c(=O)[nH]c(N)nc21. The first-order chi connectivity index (χ1) is 10.2. The van der Waals surface area contributed by atoms with E-state index in [0.29, 0.717) is 0 Å². The molecule has 0 bridgehead atoms. The molecule has 12 heteroatoms. The maximum atomic E-state index is 11.7. The number of nitrogens with zero attached hydrogens (tertiary/aromatic N) is 3. The number of hydrogen-bond acceptors (Lipinski definition) is 7. The van der Waals surface area contributed by atoms with Crippen molar-refractivity contribution < 1.29 is 24.2 Å². The zero-order valence-electron chi connectivity index (χ0n) is 11.5. The third kappa shape index (κ3) is 3.34. The van der Waals surface area contributed by atoms with Crippen LogP contribution in [0, 0.1) is 6.42 Å². The lowest BCUT2D eigenvalue weighted by molar-refractivity contribution is -0.221. The van der Waals surface area contributed by atoms with Gasteiger partial charge >= 0.3 is 7.60 Å². The van der Waals surface area contributed by atoms with E-state index in [-0.39, 0.29) is 23.5 Å². The van der Waals surface area contributed by atoms with Gasteiger partial charge in [-0.15, -0.1) is 0 Å². The number of nitrogen functional groups attached to an aromatic ring is 1. The highest BCUT2D eigenvalue weighted by molar-refractivity contribution is 7.51. The van der Waals surface area contributed by atoms with Crippen molar-refractivity contribution in [2.45, 2.75) is 12.3 Å². The zero-order valence-corrected chi connectivity index (χ0v) is 12.4. The molecule has 1 radical (unpaired) electrons. The third-order valence-corrected chi connectivity index (χ3v) is 3.74. The number of methoxy groups -OCH3 is 1. The summed E-state index contributed by atoms with van der Waals surface area (Å²) in [4.78, 5) is 39.3. The number of aromatic amines is 1. The van der Waals surface area contributed by atoms with Crippen molar-refractivity contribution in [1.82, 2.24) is 19.5 Å². The molecule has 2 aromatic rings. The summed E-state index contributed by atoms with van der Waals surface area (Å²) in [6.07, 6.45) is 1.63. The lowest BCUT2D eigenvalue weighted by Crippen LogP contribution is -2.36. The summed E-state index contributed by atoms with van der Waals surface area (Å²) < 4.78 is 16.8. The van der Waals surface area contributed by atoms with Gasteiger partial charge in [-0.1, -0.05) is 0 Å². The Hall–Kier alpha value is -1.78. The fourth-order valence-corrected chi connectivity index (χ4v) is 2.33. The summed E-state index contributed by atoms with van der Waals surface area (Å²) in [6.45, 7) is 0. The normalized spacial score (nSPS) is 15.1. The molecule has 0 aliphatic rings. The molecule has 121 valence electrons. The molecule has 1 unspecified atom stereocenters. The van der Waals surface area contributed by atoms with Crippen LogP contribution in [0.3, 0.4) is 0 Å². The van der Waals surface area contributed by atoms with E-state index < -0.39 is 25.2 Å². The predicted octanol–water partition coefficient (Wildman–Crippen LogP) is -1.28. The van der Waals surface area contributed by atoms with E-state index in [9.17, 15) is 14.5 Å². The van der Waals surface area contributed by atoms with Gasteiger partial charge in [0.1, 0.15) is 6.33 Å². The first kappa shape index (κ1) is 16.6. The summed E-state index contributed by atoms with van der Waals surface area (Å²) in [5, 5.41) is 10.5. The van der Waals surface area contributed by atoms with Gasteiger partial charge in [0, 0.05) is 13.5 Å². The Labute approximate surface area is 123 Å². The molecule has 11 nitrogen and oxygen atoms in total. The van der Waals surface area contributed by atoms with Gasteiger partial charge in [-0.25, -0.2) is 4.98 Å². The quantitative estimate of drug-likeness (QED) is 0.318. The van der Waals surface area contributed by atoms with Gasteiger partial charge in [-0.3, -0.25) is 18.9 Å². The number of fused-ring (bicyclic) bond motifs is 1. The fourth-order valence-electron chi connectivity index (χ4n) is 1.86. The molecule has 0 saturated heterocycles. The van der Waals surface area contributed by atoms with Crippen molar-refractivity contribution in [3.63, 3.8) is 0 Å². The van der Waals surface area contributed by atoms with Gasteiger partial charge in [0.15, 0.2) is 11.2 Å². The first-order valence-electron chi connectivity index (χ1n) is 6.06. The molecule has 0 amide bonds. The summed E-state index contributed by atoms with van der Waals surface area (Å²) in [7, 11) is -3.04. The van der Waals surface area contributed by atoms with Crippen LogP contribution in [0.5, 0.6) is 0 Å². The molecular formula is C10H15N5O6P. The molecule has 0 aliphatic carbocycles. The van der Waals surface area contributed by atoms with E-state index in [0.717, 1.165) is 17.3 Å². The highest BCUT2D eigenvalue weighted by Crippen LogP contribution is 2.36. The molecule has 22 heavy (non-hydrogen) atoms. The number of ether oxygens (including phenoxy) is 1. The van der Waals surface area contributed by atoms with Crippen molar-refractivity contribution >= 4 is 24.7 Å². The summed E-state index contributed by atoms with van der Waals surface area (Å²) in [5.41, 5.74) is 4.77. The third-order valence-electron chi connectivity index (χ3n) is 2.90. The molecule has 2 aromatic heterocycles. The number of aromatic nitrogens is 4. The van der Waals surface area contributed by atoms with Crippen molar-refractivity contribution in [2.24, 2.45) is 0 Å². The van der Waals surface area contributed by atoms with Gasteiger partial charge in [0.25, 0.3) is 11.5 Å². The van der Waals surface area contributed by atoms with Crippen LogP contribution in [0.15, 0.2) is 11.1 Å². The number of aliphatic hydroxyl groups is 1. The van der Waals surface area contributed by atoms with Gasteiger partial charge in [-0.05, 0) is 6.42 Å². The summed E-state index contributed by atoms with van der Waals surface area (Å²) in [6, 6.07) is 0. The Kier molecular flexibility index (Phi) is 4.36. The van der Waals surface area contributed by atoms with Crippen LogP contribution in [-0.4, -0.2) is 47.7 Å². The van der Waals surface area contributed by atoms with Crippen molar-refractivity contribution in [3.05, 3.63) is 23.1 Å². The molecule has 0 spiro atoms. The Bertz CT molecular complexity index is 782. The van der Waals surface area contributed by atoms with Crippen LogP contribution in [0.4, 0.5) is 5.95 Å². The molecule has 0 aromatic carbocycles. The van der Waals surface area contributed by atoms with Gasteiger partial charge < -0.3 is 25.4 Å². The van der Waals surface area contributed by atoms with Gasteiger partial charge in [0.05, 0.1) is 6.16 Å². The van der Waals surface area contributed by atoms with Crippen LogP contribution < -0.4 is 11.3 Å². The predicted molar refractivity (Wildman–Crippen MR) is 75.6 cm³/mol. The highest BCUT2D eigenvalue weighted by atomic mass is 31.2. The van der Waals surface area contributed by atoms with E-state index in [2.05, 4.69) is 15.0 Å². The fraction of sp³-hybridized carbons (Fsp3) is 0.400. The molecule has 0 saturated carbocycles. The van der Waals surface area contributed by atoms with E-state index in [1.165, 1.54) is 7.11 Å². The lowest BCUT2D eigenvalue weighted by Gasteiger charge is -2.27. The number of nitrogens with one attached hydrogen (secondary N) is 1. The second-order valence-corrected chi connectivity index (χ2v) is 6.26. The smallest absolute Gasteiger partial charge is 0.325 e. The largest absolute Gasteiger partial charge is 0.369 e.